The summed E-state index contributed by atoms with van der Waals surface area (Å²) >= 11 is 3.65. The molecule has 0 heterocycles. The first-order chi connectivity index (χ1) is 9.27. The minimum absolute atomic E-state index is 0.160. The maximum atomic E-state index is 10.4. The van der Waals surface area contributed by atoms with Gasteiger partial charge in [-0.25, -0.2) is 0 Å². The van der Waals surface area contributed by atoms with E-state index >= 15 is 0 Å². The van der Waals surface area contributed by atoms with E-state index in [0.717, 1.165) is 5.56 Å². The Labute approximate surface area is 121 Å². The highest BCUT2D eigenvalue weighted by molar-refractivity contribution is 7.80. The summed E-state index contributed by atoms with van der Waals surface area (Å²) in [6.45, 7) is 0. The van der Waals surface area contributed by atoms with Gasteiger partial charge in [0.1, 0.15) is 17.8 Å². The number of hydrogen-bond donors (Lipinski definition) is 6. The molecule has 112 valence electrons. The number of nitrogens with two attached hydrogens (primary N) is 2. The van der Waals surface area contributed by atoms with Gasteiger partial charge < -0.3 is 26.8 Å². The van der Waals surface area contributed by atoms with Crippen molar-refractivity contribution >= 4 is 24.6 Å². The summed E-state index contributed by atoms with van der Waals surface area (Å²) in [4.78, 5) is 20.2. The monoisotopic (exact) mass is 302 g/mol. The van der Waals surface area contributed by atoms with Crippen LogP contribution in [-0.2, 0) is 16.0 Å². The lowest BCUT2D eigenvalue weighted by Crippen LogP contribution is -2.32. The van der Waals surface area contributed by atoms with Crippen LogP contribution in [0, 0.1) is 0 Å². The Hall–Kier alpha value is -1.77. The van der Waals surface area contributed by atoms with E-state index in [1.807, 2.05) is 0 Å². The highest BCUT2D eigenvalue weighted by Crippen LogP contribution is 2.10. The molecule has 20 heavy (non-hydrogen) atoms. The zero-order valence-electron chi connectivity index (χ0n) is 10.6. The lowest BCUT2D eigenvalue weighted by molar-refractivity contribution is -0.139. The molecule has 0 radical (unpaired) electrons. The Kier molecular flexibility index (Phi) is 8.37. The fourth-order valence-corrected chi connectivity index (χ4v) is 1.21. The third-order valence-corrected chi connectivity index (χ3v) is 2.62. The molecule has 1 aromatic rings. The normalized spacial score (nSPS) is 12.8. The van der Waals surface area contributed by atoms with Crippen molar-refractivity contribution < 1.29 is 24.9 Å². The van der Waals surface area contributed by atoms with Gasteiger partial charge in [-0.3, -0.25) is 9.59 Å². The molecule has 0 aliphatic carbocycles. The van der Waals surface area contributed by atoms with Gasteiger partial charge in [0.2, 0.25) is 0 Å². The molecule has 0 aliphatic rings. The van der Waals surface area contributed by atoms with E-state index in [2.05, 4.69) is 12.6 Å². The van der Waals surface area contributed by atoms with Crippen LogP contribution in [0.4, 0.5) is 0 Å². The first-order valence-corrected chi connectivity index (χ1v) is 6.26. The van der Waals surface area contributed by atoms with Gasteiger partial charge in [-0.1, -0.05) is 12.1 Å². The third-order valence-electron chi connectivity index (χ3n) is 2.22. The number of carboxylic acid groups (broad SMARTS) is 2. The average Bonchev–Trinajstić information content (AvgIpc) is 2.40. The number of benzene rings is 1. The predicted octanol–water partition coefficient (Wildman–Crippen LogP) is -0.325. The van der Waals surface area contributed by atoms with Crippen molar-refractivity contribution in [1.29, 1.82) is 0 Å². The fourth-order valence-electron chi connectivity index (χ4n) is 1.05. The van der Waals surface area contributed by atoms with E-state index in [9.17, 15) is 9.59 Å². The molecule has 2 atom stereocenters. The second-order valence-electron chi connectivity index (χ2n) is 3.94. The number of aromatic hydroxyl groups is 1. The Balaban J connectivity index is 0.000000441. The van der Waals surface area contributed by atoms with Gasteiger partial charge in [-0.05, 0) is 24.1 Å². The number of thiol groups is 1. The molecule has 8 heteroatoms. The van der Waals surface area contributed by atoms with E-state index < -0.39 is 24.0 Å². The van der Waals surface area contributed by atoms with E-state index in [-0.39, 0.29) is 17.9 Å². The van der Waals surface area contributed by atoms with Crippen LogP contribution in [0.25, 0.3) is 0 Å². The summed E-state index contributed by atoms with van der Waals surface area (Å²) in [6, 6.07) is 4.61. The second kappa shape index (κ2) is 9.18. The van der Waals surface area contributed by atoms with Crippen LogP contribution in [-0.4, -0.2) is 45.1 Å². The van der Waals surface area contributed by atoms with Crippen LogP contribution in [0.5, 0.6) is 5.75 Å². The number of phenols is 1. The van der Waals surface area contributed by atoms with Crippen molar-refractivity contribution in [1.82, 2.24) is 0 Å². The Morgan fingerprint density at radius 2 is 1.50 bits per heavy atom. The van der Waals surface area contributed by atoms with Crippen molar-refractivity contribution in [2.75, 3.05) is 5.75 Å². The number of carboxylic acids is 2. The average molecular weight is 302 g/mol. The summed E-state index contributed by atoms with van der Waals surface area (Å²) < 4.78 is 0. The van der Waals surface area contributed by atoms with E-state index in [0.29, 0.717) is 0 Å². The smallest absolute Gasteiger partial charge is 0.321 e. The molecule has 0 amide bonds. The van der Waals surface area contributed by atoms with Crippen LogP contribution >= 0.6 is 12.6 Å². The highest BCUT2D eigenvalue weighted by Gasteiger charge is 2.11. The molecule has 0 bridgehead atoms. The number of carbonyl (C=O) groups is 2. The quantitative estimate of drug-likeness (QED) is 0.408. The molecular formula is C12H18N2O5S. The number of hydrogen-bond acceptors (Lipinski definition) is 6. The predicted molar refractivity (Wildman–Crippen MR) is 76.9 cm³/mol. The number of phenolic OH excluding ortho intramolecular Hbond substituents is 1. The van der Waals surface area contributed by atoms with Crippen LogP contribution in [0.2, 0.25) is 0 Å². The summed E-state index contributed by atoms with van der Waals surface area (Å²) in [5, 5.41) is 25.5. The Morgan fingerprint density at radius 1 is 1.05 bits per heavy atom. The van der Waals surface area contributed by atoms with Crippen LogP contribution in [0.1, 0.15) is 5.56 Å². The zero-order valence-corrected chi connectivity index (χ0v) is 11.5. The molecule has 1 rings (SSSR count). The molecule has 0 saturated carbocycles. The van der Waals surface area contributed by atoms with Gasteiger partial charge in [0.25, 0.3) is 0 Å². The first kappa shape index (κ1) is 18.2. The molecule has 0 fully saturated rings. The molecule has 7 nitrogen and oxygen atoms in total. The van der Waals surface area contributed by atoms with Crippen LogP contribution in [0.15, 0.2) is 24.3 Å². The summed E-state index contributed by atoms with van der Waals surface area (Å²) in [7, 11) is 0. The minimum atomic E-state index is -1.02. The number of rotatable bonds is 5. The van der Waals surface area contributed by atoms with Gasteiger partial charge in [0.15, 0.2) is 0 Å². The van der Waals surface area contributed by atoms with Gasteiger partial charge in [-0.2, -0.15) is 12.6 Å². The zero-order chi connectivity index (χ0) is 15.7. The van der Waals surface area contributed by atoms with Crippen molar-refractivity contribution in [3.8, 4) is 5.75 Å². The van der Waals surface area contributed by atoms with Gasteiger partial charge in [-0.15, -0.1) is 0 Å². The highest BCUT2D eigenvalue weighted by atomic mass is 32.1. The van der Waals surface area contributed by atoms with Crippen molar-refractivity contribution in [3.63, 3.8) is 0 Å². The van der Waals surface area contributed by atoms with Crippen LogP contribution < -0.4 is 11.5 Å². The van der Waals surface area contributed by atoms with Gasteiger partial charge in [0.05, 0.1) is 0 Å². The molecule has 0 aromatic heterocycles. The molecule has 0 unspecified atom stereocenters. The minimum Gasteiger partial charge on any atom is -0.508 e. The van der Waals surface area contributed by atoms with Crippen molar-refractivity contribution in [2.24, 2.45) is 11.5 Å². The summed E-state index contributed by atoms with van der Waals surface area (Å²) in [5.41, 5.74) is 11.1. The maximum absolute atomic E-state index is 10.4. The Bertz CT molecular complexity index is 438. The molecule has 0 aliphatic heterocycles. The first-order valence-electron chi connectivity index (χ1n) is 5.63. The molecule has 1 aromatic carbocycles. The SMILES string of the molecule is N[C@@H](CS)C(=O)O.N[C@@H](Cc1ccc(O)cc1)C(=O)O. The largest absolute Gasteiger partial charge is 0.508 e. The van der Waals surface area contributed by atoms with Crippen molar-refractivity contribution in [2.45, 2.75) is 18.5 Å². The van der Waals surface area contributed by atoms with Crippen LogP contribution in [0.3, 0.4) is 0 Å². The molecular weight excluding hydrogens is 284 g/mol. The maximum Gasteiger partial charge on any atom is 0.321 e. The second-order valence-corrected chi connectivity index (χ2v) is 4.31. The topological polar surface area (TPSA) is 147 Å². The van der Waals surface area contributed by atoms with E-state index in [4.69, 9.17) is 26.8 Å². The third kappa shape index (κ3) is 7.62. The van der Waals surface area contributed by atoms with Gasteiger partial charge >= 0.3 is 11.9 Å². The fraction of sp³-hybridized carbons (Fsp3) is 0.333. The van der Waals surface area contributed by atoms with E-state index in [1.165, 1.54) is 12.1 Å². The lowest BCUT2D eigenvalue weighted by Gasteiger charge is -2.05. The summed E-state index contributed by atoms with van der Waals surface area (Å²) in [6.07, 6.45) is 0.273. The van der Waals surface area contributed by atoms with Crippen molar-refractivity contribution in [3.05, 3.63) is 29.8 Å². The number of aliphatic carboxylic acids is 2. The van der Waals surface area contributed by atoms with E-state index in [1.54, 1.807) is 12.1 Å². The summed E-state index contributed by atoms with van der Waals surface area (Å²) in [5.74, 6) is -1.68. The lowest BCUT2D eigenvalue weighted by atomic mass is 10.1. The Morgan fingerprint density at radius 3 is 1.80 bits per heavy atom. The standard InChI is InChI=1S/C9H11NO3.C3H7NO2S/c10-8(9(12)13)5-6-1-3-7(11)4-2-6;4-2(1-7)3(5)6/h1-4,8,11H,5,10H2,(H,12,13);2,7H,1,4H2,(H,5,6)/t8-;2-/m00/s1. The molecule has 0 saturated heterocycles. The van der Waals surface area contributed by atoms with Gasteiger partial charge in [0, 0.05) is 5.75 Å². The molecule has 7 N–H and O–H groups in total. The molecule has 0 spiro atoms.